The quantitative estimate of drug-likeness (QED) is 0.731. The Bertz CT molecular complexity index is 1000. The highest BCUT2D eigenvalue weighted by Gasteiger charge is 2.23. The Morgan fingerprint density at radius 2 is 2.11 bits per heavy atom. The molecule has 1 N–H and O–H groups in total. The maximum atomic E-state index is 12.5. The minimum atomic E-state index is -0.0286. The molecule has 1 saturated heterocycles. The number of aromatic nitrogens is 3. The SMILES string of the molecule is Cc1nnc(-c2ccc3cnc(NC(=O)CN4CCN(C)CC4C)cc3c2)s1. The lowest BCUT2D eigenvalue weighted by molar-refractivity contribution is -0.118. The number of carbonyl (C=O) groups is 1. The Labute approximate surface area is 168 Å². The van der Waals surface area contributed by atoms with Gasteiger partial charge in [-0.1, -0.05) is 23.5 Å². The lowest BCUT2D eigenvalue weighted by Crippen LogP contribution is -2.52. The average Bonchev–Trinajstić information content (AvgIpc) is 3.10. The number of hydrogen-bond donors (Lipinski definition) is 1. The first-order chi connectivity index (χ1) is 13.5. The van der Waals surface area contributed by atoms with E-state index in [1.54, 1.807) is 17.5 Å². The fourth-order valence-corrected chi connectivity index (χ4v) is 4.22. The molecular weight excluding hydrogens is 372 g/mol. The number of carbonyl (C=O) groups excluding carboxylic acids is 1. The molecule has 28 heavy (non-hydrogen) atoms. The summed E-state index contributed by atoms with van der Waals surface area (Å²) in [4.78, 5) is 21.4. The van der Waals surface area contributed by atoms with Gasteiger partial charge in [0.25, 0.3) is 0 Å². The maximum Gasteiger partial charge on any atom is 0.239 e. The summed E-state index contributed by atoms with van der Waals surface area (Å²) in [6.07, 6.45) is 1.79. The number of benzene rings is 1. The molecule has 0 radical (unpaired) electrons. The van der Waals surface area contributed by atoms with Gasteiger partial charge < -0.3 is 10.2 Å². The number of rotatable bonds is 4. The summed E-state index contributed by atoms with van der Waals surface area (Å²) in [5.41, 5.74) is 1.02. The third kappa shape index (κ3) is 4.19. The molecule has 0 aliphatic carbocycles. The van der Waals surface area contributed by atoms with E-state index >= 15 is 0 Å². The van der Waals surface area contributed by atoms with Crippen LogP contribution in [-0.2, 0) is 4.79 Å². The predicted octanol–water partition coefficient (Wildman–Crippen LogP) is 2.64. The third-order valence-electron chi connectivity index (χ3n) is 5.08. The van der Waals surface area contributed by atoms with E-state index in [0.29, 0.717) is 18.4 Å². The summed E-state index contributed by atoms with van der Waals surface area (Å²) < 4.78 is 0. The first-order valence-corrected chi connectivity index (χ1v) is 10.2. The van der Waals surface area contributed by atoms with Crippen LogP contribution in [0.4, 0.5) is 5.82 Å². The highest BCUT2D eigenvalue weighted by atomic mass is 32.1. The van der Waals surface area contributed by atoms with Crippen molar-refractivity contribution < 1.29 is 4.79 Å². The normalized spacial score (nSPS) is 18.5. The largest absolute Gasteiger partial charge is 0.310 e. The van der Waals surface area contributed by atoms with Gasteiger partial charge in [0.05, 0.1) is 6.54 Å². The Balaban J connectivity index is 1.48. The first-order valence-electron chi connectivity index (χ1n) is 9.40. The fraction of sp³-hybridized carbons (Fsp3) is 0.400. The number of pyridine rings is 1. The Hall–Kier alpha value is -2.42. The number of hydrogen-bond acceptors (Lipinski definition) is 7. The van der Waals surface area contributed by atoms with Crippen molar-refractivity contribution in [2.24, 2.45) is 0 Å². The minimum absolute atomic E-state index is 0.0286. The standard InChI is InChI=1S/C20H24N6OS/c1-13-11-25(3)6-7-26(13)12-19(27)22-18-9-17-8-15(4-5-16(17)10-21-18)20-24-23-14(2)28-20/h4-5,8-10,13H,6-7,11-12H2,1-3H3,(H,21,22,27). The summed E-state index contributed by atoms with van der Waals surface area (Å²) in [6, 6.07) is 8.39. The van der Waals surface area contributed by atoms with Gasteiger partial charge in [-0.05, 0) is 38.4 Å². The molecule has 0 saturated carbocycles. The van der Waals surface area contributed by atoms with Crippen LogP contribution >= 0.6 is 11.3 Å². The van der Waals surface area contributed by atoms with E-state index in [4.69, 9.17) is 0 Å². The van der Waals surface area contributed by atoms with E-state index in [1.165, 1.54) is 0 Å². The van der Waals surface area contributed by atoms with Gasteiger partial charge in [-0.2, -0.15) is 0 Å². The van der Waals surface area contributed by atoms with Crippen molar-refractivity contribution in [1.29, 1.82) is 0 Å². The highest BCUT2D eigenvalue weighted by molar-refractivity contribution is 7.14. The monoisotopic (exact) mass is 396 g/mol. The number of aryl methyl sites for hydroxylation is 1. The number of likely N-dealkylation sites (N-methyl/N-ethyl adjacent to an activating group) is 1. The van der Waals surface area contributed by atoms with Gasteiger partial charge in [-0.25, -0.2) is 4.98 Å². The molecule has 0 bridgehead atoms. The van der Waals surface area contributed by atoms with Crippen molar-refractivity contribution >= 4 is 33.8 Å². The molecule has 3 aromatic rings. The van der Waals surface area contributed by atoms with E-state index in [1.807, 2.05) is 25.1 Å². The summed E-state index contributed by atoms with van der Waals surface area (Å²) in [5, 5.41) is 15.1. The van der Waals surface area contributed by atoms with E-state index in [-0.39, 0.29) is 5.91 Å². The van der Waals surface area contributed by atoms with Gasteiger partial charge in [0.1, 0.15) is 15.8 Å². The number of nitrogens with one attached hydrogen (secondary N) is 1. The second kappa shape index (κ2) is 7.90. The number of nitrogens with zero attached hydrogens (tertiary/aromatic N) is 5. The molecule has 1 unspecified atom stereocenters. The van der Waals surface area contributed by atoms with Crippen LogP contribution < -0.4 is 5.32 Å². The van der Waals surface area contributed by atoms with Gasteiger partial charge >= 0.3 is 0 Å². The molecule has 2 aromatic heterocycles. The third-order valence-corrected chi connectivity index (χ3v) is 5.96. The second-order valence-electron chi connectivity index (χ2n) is 7.39. The summed E-state index contributed by atoms with van der Waals surface area (Å²) in [7, 11) is 2.12. The van der Waals surface area contributed by atoms with Crippen molar-refractivity contribution in [3.63, 3.8) is 0 Å². The second-order valence-corrected chi connectivity index (χ2v) is 8.57. The van der Waals surface area contributed by atoms with Crippen LogP contribution in [0.25, 0.3) is 21.3 Å². The van der Waals surface area contributed by atoms with Crippen molar-refractivity contribution in [2.45, 2.75) is 19.9 Å². The zero-order valence-electron chi connectivity index (χ0n) is 16.3. The zero-order valence-corrected chi connectivity index (χ0v) is 17.2. The van der Waals surface area contributed by atoms with Crippen molar-refractivity contribution in [3.05, 3.63) is 35.5 Å². The van der Waals surface area contributed by atoms with Crippen LogP contribution in [0.1, 0.15) is 11.9 Å². The fourth-order valence-electron chi connectivity index (χ4n) is 3.53. The van der Waals surface area contributed by atoms with Crippen LogP contribution in [0, 0.1) is 6.92 Å². The smallest absolute Gasteiger partial charge is 0.239 e. The van der Waals surface area contributed by atoms with Crippen LogP contribution in [0.3, 0.4) is 0 Å². The Morgan fingerprint density at radius 3 is 2.86 bits per heavy atom. The maximum absolute atomic E-state index is 12.5. The van der Waals surface area contributed by atoms with Crippen molar-refractivity contribution in [3.8, 4) is 10.6 Å². The number of piperazine rings is 1. The summed E-state index contributed by atoms with van der Waals surface area (Å²) in [6.45, 7) is 7.36. The molecule has 7 nitrogen and oxygen atoms in total. The van der Waals surface area contributed by atoms with Crippen molar-refractivity contribution in [1.82, 2.24) is 25.0 Å². The van der Waals surface area contributed by atoms with E-state index in [0.717, 1.165) is 46.0 Å². The Kier molecular flexibility index (Phi) is 5.34. The van der Waals surface area contributed by atoms with Gasteiger partial charge in [0.2, 0.25) is 5.91 Å². The number of fused-ring (bicyclic) bond motifs is 1. The first kappa shape index (κ1) is 18.9. The molecule has 1 aliphatic heterocycles. The molecule has 146 valence electrons. The lowest BCUT2D eigenvalue weighted by Gasteiger charge is -2.37. The van der Waals surface area contributed by atoms with Gasteiger partial charge in [0.15, 0.2) is 0 Å². The molecule has 1 amide bonds. The summed E-state index contributed by atoms with van der Waals surface area (Å²) in [5.74, 6) is 0.545. The number of amides is 1. The minimum Gasteiger partial charge on any atom is -0.310 e. The van der Waals surface area contributed by atoms with E-state index in [2.05, 4.69) is 50.3 Å². The molecule has 8 heteroatoms. The molecule has 0 spiro atoms. The number of anilines is 1. The molecule has 4 rings (SSSR count). The van der Waals surface area contributed by atoms with Crippen molar-refractivity contribution in [2.75, 3.05) is 38.5 Å². The molecule has 3 heterocycles. The van der Waals surface area contributed by atoms with Gasteiger partial charge in [-0.15, -0.1) is 10.2 Å². The zero-order chi connectivity index (χ0) is 19.7. The van der Waals surface area contributed by atoms with Gasteiger partial charge in [-0.3, -0.25) is 9.69 Å². The van der Waals surface area contributed by atoms with Crippen LogP contribution in [0.5, 0.6) is 0 Å². The Morgan fingerprint density at radius 1 is 1.25 bits per heavy atom. The average molecular weight is 397 g/mol. The van der Waals surface area contributed by atoms with Gasteiger partial charge in [0, 0.05) is 42.8 Å². The van der Waals surface area contributed by atoms with Crippen LogP contribution in [0.15, 0.2) is 30.5 Å². The van der Waals surface area contributed by atoms with Crippen LogP contribution in [-0.4, -0.2) is 70.2 Å². The van der Waals surface area contributed by atoms with E-state index in [9.17, 15) is 4.79 Å². The highest BCUT2D eigenvalue weighted by Crippen LogP contribution is 2.27. The molecule has 1 fully saturated rings. The lowest BCUT2D eigenvalue weighted by atomic mass is 10.1. The molecule has 1 aromatic carbocycles. The topological polar surface area (TPSA) is 74.2 Å². The molecule has 1 aliphatic rings. The van der Waals surface area contributed by atoms with Crippen LogP contribution in [0.2, 0.25) is 0 Å². The summed E-state index contributed by atoms with van der Waals surface area (Å²) >= 11 is 1.57. The molecule has 1 atom stereocenters. The predicted molar refractivity (Wildman–Crippen MR) is 113 cm³/mol. The van der Waals surface area contributed by atoms with E-state index < -0.39 is 0 Å². The molecular formula is C20H24N6OS.